The van der Waals surface area contributed by atoms with Crippen LogP contribution in [-0.4, -0.2) is 33.9 Å². The summed E-state index contributed by atoms with van der Waals surface area (Å²) in [7, 11) is 0. The molecular formula is C14H26O3S2. The van der Waals surface area contributed by atoms with E-state index in [1.54, 1.807) is 0 Å². The van der Waals surface area contributed by atoms with Crippen LogP contribution < -0.4 is 0 Å². The molecule has 19 heavy (non-hydrogen) atoms. The summed E-state index contributed by atoms with van der Waals surface area (Å²) in [4.78, 5) is 0. The topological polar surface area (TPSA) is 49.7 Å². The van der Waals surface area contributed by atoms with Crippen LogP contribution in [0.5, 0.6) is 0 Å². The van der Waals surface area contributed by atoms with Crippen LogP contribution >= 0.6 is 24.1 Å². The first kappa shape index (κ1) is 19.1. The molecule has 0 aromatic carbocycles. The predicted octanol–water partition coefficient (Wildman–Crippen LogP) is 3.73. The van der Waals surface area contributed by atoms with E-state index in [1.165, 1.54) is 24.1 Å². The minimum atomic E-state index is -0.365. The Kier molecular flexibility index (Phi) is 11.9. The molecule has 0 aromatic heterocycles. The number of aliphatic hydroxyl groups excluding tert-OH is 2. The van der Waals surface area contributed by atoms with E-state index in [0.29, 0.717) is 11.5 Å². The molecule has 0 bridgehead atoms. The predicted molar refractivity (Wildman–Crippen MR) is 86.1 cm³/mol. The van der Waals surface area contributed by atoms with Crippen molar-refractivity contribution < 1.29 is 13.8 Å². The lowest BCUT2D eigenvalue weighted by atomic mass is 10.1. The molecule has 112 valence electrons. The summed E-state index contributed by atoms with van der Waals surface area (Å²) < 4.78 is 5.26. The van der Waals surface area contributed by atoms with Gasteiger partial charge in [-0.1, -0.05) is 11.1 Å². The Labute approximate surface area is 125 Å². The second-order valence-corrected chi connectivity index (χ2v) is 6.62. The van der Waals surface area contributed by atoms with Gasteiger partial charge >= 0.3 is 0 Å². The van der Waals surface area contributed by atoms with Crippen LogP contribution in [0.15, 0.2) is 24.3 Å². The lowest BCUT2D eigenvalue weighted by Crippen LogP contribution is -2.11. The Balaban J connectivity index is 3.38. The monoisotopic (exact) mass is 306 g/mol. The largest absolute Gasteiger partial charge is 0.392 e. The van der Waals surface area contributed by atoms with Crippen LogP contribution in [0.3, 0.4) is 0 Å². The molecule has 2 unspecified atom stereocenters. The van der Waals surface area contributed by atoms with E-state index >= 15 is 0 Å². The van der Waals surface area contributed by atoms with Gasteiger partial charge in [0.05, 0.1) is 12.2 Å². The first-order valence-electron chi connectivity index (χ1n) is 6.47. The summed E-state index contributed by atoms with van der Waals surface area (Å²) in [5.74, 6) is 1.09. The minimum absolute atomic E-state index is 0.365. The zero-order valence-electron chi connectivity index (χ0n) is 11.9. The first-order valence-corrected chi connectivity index (χ1v) is 8.30. The van der Waals surface area contributed by atoms with Crippen molar-refractivity contribution in [3.63, 3.8) is 0 Å². The van der Waals surface area contributed by atoms with Gasteiger partial charge in [0.15, 0.2) is 0 Å². The van der Waals surface area contributed by atoms with Gasteiger partial charge in [0, 0.05) is 35.6 Å². The molecule has 2 N–H and O–H groups in total. The van der Waals surface area contributed by atoms with E-state index in [2.05, 4.69) is 13.2 Å². The molecular weight excluding hydrogens is 280 g/mol. The quantitative estimate of drug-likeness (QED) is 0.327. The van der Waals surface area contributed by atoms with E-state index in [1.807, 2.05) is 13.8 Å². The molecule has 5 heteroatoms. The molecule has 0 amide bonds. The maximum Gasteiger partial charge on any atom is 0.0656 e. The van der Waals surface area contributed by atoms with Crippen LogP contribution in [-0.2, 0) is 3.63 Å². The molecule has 0 radical (unpaired) electrons. The van der Waals surface area contributed by atoms with Gasteiger partial charge in [0.25, 0.3) is 0 Å². The number of rotatable bonds is 12. The summed E-state index contributed by atoms with van der Waals surface area (Å²) in [5, 5.41) is 19.3. The van der Waals surface area contributed by atoms with Gasteiger partial charge in [-0.2, -0.15) is 0 Å². The Morgan fingerprint density at radius 2 is 1.32 bits per heavy atom. The summed E-state index contributed by atoms with van der Waals surface area (Å²) >= 11 is 2.47. The molecule has 0 heterocycles. The van der Waals surface area contributed by atoms with Crippen molar-refractivity contribution in [2.24, 2.45) is 0 Å². The van der Waals surface area contributed by atoms with E-state index in [9.17, 15) is 10.2 Å². The first-order chi connectivity index (χ1) is 8.91. The van der Waals surface area contributed by atoms with Gasteiger partial charge in [-0.15, -0.1) is 13.2 Å². The Bertz CT molecular complexity index is 243. The molecule has 0 saturated heterocycles. The standard InChI is InChI=1S/C14H26O3S2/c1-11(2)5-7-13(15)9-18-17-19-10-14(16)8-6-12(3)4/h13-16H,1,3,5-10H2,2,4H3. The molecule has 0 fully saturated rings. The smallest absolute Gasteiger partial charge is 0.0656 e. The molecule has 3 nitrogen and oxygen atoms in total. The minimum Gasteiger partial charge on any atom is -0.392 e. The number of aliphatic hydroxyl groups is 2. The number of allylic oxidation sites excluding steroid dienone is 2. The van der Waals surface area contributed by atoms with Crippen molar-refractivity contribution in [2.75, 3.05) is 11.5 Å². The van der Waals surface area contributed by atoms with Crippen LogP contribution in [0.2, 0.25) is 0 Å². The molecule has 0 rings (SSSR count). The molecule has 2 atom stereocenters. The number of hydrogen-bond acceptors (Lipinski definition) is 5. The molecule has 0 saturated carbocycles. The molecule has 0 aromatic rings. The zero-order valence-corrected chi connectivity index (χ0v) is 13.6. The van der Waals surface area contributed by atoms with E-state index < -0.39 is 0 Å². The van der Waals surface area contributed by atoms with Gasteiger partial charge in [-0.3, -0.25) is 0 Å². The second kappa shape index (κ2) is 11.9. The second-order valence-electron chi connectivity index (χ2n) is 4.94. The third-order valence-corrected chi connectivity index (χ3v) is 4.24. The van der Waals surface area contributed by atoms with Crippen molar-refractivity contribution in [3.05, 3.63) is 24.3 Å². The Hall–Kier alpha value is 0.0600. The summed E-state index contributed by atoms with van der Waals surface area (Å²) in [5.41, 5.74) is 2.17. The van der Waals surface area contributed by atoms with Crippen LogP contribution in [0.25, 0.3) is 0 Å². The summed E-state index contributed by atoms with van der Waals surface area (Å²) in [6, 6.07) is 0. The van der Waals surface area contributed by atoms with Crippen LogP contribution in [0, 0.1) is 0 Å². The number of hydrogen-bond donors (Lipinski definition) is 2. The van der Waals surface area contributed by atoms with Crippen molar-refractivity contribution >= 4 is 24.1 Å². The lowest BCUT2D eigenvalue weighted by Gasteiger charge is -2.11. The fraction of sp³-hybridized carbons (Fsp3) is 0.714. The molecule has 0 spiro atoms. The van der Waals surface area contributed by atoms with Crippen molar-refractivity contribution in [1.82, 2.24) is 0 Å². The summed E-state index contributed by atoms with van der Waals surface area (Å²) in [6.45, 7) is 11.5. The average molecular weight is 306 g/mol. The third-order valence-electron chi connectivity index (χ3n) is 2.43. The van der Waals surface area contributed by atoms with Crippen molar-refractivity contribution in [2.45, 2.75) is 51.7 Å². The summed E-state index contributed by atoms with van der Waals surface area (Å²) in [6.07, 6.45) is 2.39. The molecule has 0 aliphatic carbocycles. The van der Waals surface area contributed by atoms with Crippen molar-refractivity contribution in [3.8, 4) is 0 Å². The lowest BCUT2D eigenvalue weighted by molar-refractivity contribution is 0.188. The molecule has 0 aliphatic heterocycles. The van der Waals surface area contributed by atoms with Gasteiger partial charge in [-0.25, -0.2) is 3.63 Å². The van der Waals surface area contributed by atoms with E-state index in [0.717, 1.165) is 36.8 Å². The average Bonchev–Trinajstić information content (AvgIpc) is 2.33. The fourth-order valence-corrected chi connectivity index (χ4v) is 2.60. The van der Waals surface area contributed by atoms with Crippen LogP contribution in [0.4, 0.5) is 0 Å². The van der Waals surface area contributed by atoms with E-state index in [4.69, 9.17) is 3.63 Å². The van der Waals surface area contributed by atoms with Gasteiger partial charge in [-0.05, 0) is 39.5 Å². The van der Waals surface area contributed by atoms with Crippen LogP contribution in [0.1, 0.15) is 39.5 Å². The normalized spacial score (nSPS) is 14.1. The highest BCUT2D eigenvalue weighted by Gasteiger charge is 2.07. The highest BCUT2D eigenvalue weighted by molar-refractivity contribution is 8.07. The molecule has 0 aliphatic rings. The maximum atomic E-state index is 9.64. The van der Waals surface area contributed by atoms with Gasteiger partial charge < -0.3 is 10.2 Å². The zero-order chi connectivity index (χ0) is 14.7. The Morgan fingerprint density at radius 1 is 0.947 bits per heavy atom. The van der Waals surface area contributed by atoms with Gasteiger partial charge in [0.1, 0.15) is 0 Å². The van der Waals surface area contributed by atoms with Gasteiger partial charge in [0.2, 0.25) is 0 Å². The maximum absolute atomic E-state index is 9.64. The fourth-order valence-electron chi connectivity index (χ4n) is 1.24. The third kappa shape index (κ3) is 14.3. The SMILES string of the molecule is C=C(C)CCC(O)CSOSCC(O)CCC(=C)C. The van der Waals surface area contributed by atoms with E-state index in [-0.39, 0.29) is 12.2 Å². The Morgan fingerprint density at radius 3 is 1.63 bits per heavy atom. The van der Waals surface area contributed by atoms with Crippen molar-refractivity contribution in [1.29, 1.82) is 0 Å². The highest BCUT2D eigenvalue weighted by atomic mass is 32.2. The highest BCUT2D eigenvalue weighted by Crippen LogP contribution is 2.19.